The van der Waals surface area contributed by atoms with Crippen LogP contribution in [-0.4, -0.2) is 41.8 Å². The summed E-state index contributed by atoms with van der Waals surface area (Å²) in [6, 6.07) is 14.3. The van der Waals surface area contributed by atoms with Gasteiger partial charge in [0.2, 0.25) is 0 Å². The van der Waals surface area contributed by atoms with Crippen molar-refractivity contribution in [2.45, 2.75) is 12.6 Å². The van der Waals surface area contributed by atoms with Gasteiger partial charge in [-0.05, 0) is 42.0 Å². The zero-order valence-corrected chi connectivity index (χ0v) is 15.1. The molecule has 0 saturated carbocycles. The van der Waals surface area contributed by atoms with Crippen LogP contribution in [0.15, 0.2) is 53.1 Å². The number of ether oxygens (including phenoxy) is 1. The van der Waals surface area contributed by atoms with Crippen molar-refractivity contribution >= 4 is 0 Å². The molecule has 7 heteroatoms. The lowest BCUT2D eigenvalue weighted by molar-refractivity contribution is 0.148. The Morgan fingerprint density at radius 1 is 1.26 bits per heavy atom. The summed E-state index contributed by atoms with van der Waals surface area (Å²) < 4.78 is 24.2. The molecule has 27 heavy (non-hydrogen) atoms. The number of benzene rings is 2. The highest BCUT2D eigenvalue weighted by molar-refractivity contribution is 5.54. The number of aromatic nitrogens is 2. The van der Waals surface area contributed by atoms with Crippen molar-refractivity contribution < 1.29 is 13.7 Å². The van der Waals surface area contributed by atoms with Gasteiger partial charge >= 0.3 is 0 Å². The second-order valence-electron chi connectivity index (χ2n) is 6.49. The lowest BCUT2D eigenvalue weighted by atomic mass is 10.0. The Balaban J connectivity index is 1.51. The van der Waals surface area contributed by atoms with Gasteiger partial charge in [-0.1, -0.05) is 17.3 Å². The lowest BCUT2D eigenvalue weighted by Gasteiger charge is -2.35. The highest BCUT2D eigenvalue weighted by Crippen LogP contribution is 2.25. The van der Waals surface area contributed by atoms with E-state index in [0.717, 1.165) is 36.5 Å². The van der Waals surface area contributed by atoms with Gasteiger partial charge in [0.25, 0.3) is 5.89 Å². The van der Waals surface area contributed by atoms with Gasteiger partial charge in [-0.2, -0.15) is 4.98 Å². The number of methoxy groups -OCH3 is 1. The summed E-state index contributed by atoms with van der Waals surface area (Å²) in [5.41, 5.74) is 1.79. The van der Waals surface area contributed by atoms with Crippen LogP contribution >= 0.6 is 0 Å². The number of rotatable bonds is 5. The largest absolute Gasteiger partial charge is 0.497 e. The molecule has 4 rings (SSSR count). The van der Waals surface area contributed by atoms with E-state index in [4.69, 9.17) is 9.26 Å². The fourth-order valence-corrected chi connectivity index (χ4v) is 3.33. The van der Waals surface area contributed by atoms with Gasteiger partial charge in [0, 0.05) is 31.2 Å². The summed E-state index contributed by atoms with van der Waals surface area (Å²) in [6.45, 7) is 3.00. The molecule has 140 valence electrons. The van der Waals surface area contributed by atoms with E-state index < -0.39 is 0 Å². The maximum Gasteiger partial charge on any atom is 0.257 e. The van der Waals surface area contributed by atoms with E-state index in [1.54, 1.807) is 19.2 Å². The molecule has 1 saturated heterocycles. The van der Waals surface area contributed by atoms with E-state index in [0.29, 0.717) is 18.3 Å². The number of nitrogens with one attached hydrogen (secondary N) is 1. The molecule has 2 heterocycles. The molecule has 1 N–H and O–H groups in total. The van der Waals surface area contributed by atoms with Gasteiger partial charge in [-0.15, -0.1) is 0 Å². The molecule has 0 radical (unpaired) electrons. The average molecular weight is 368 g/mol. The zero-order chi connectivity index (χ0) is 18.6. The smallest absolute Gasteiger partial charge is 0.257 e. The second kappa shape index (κ2) is 7.85. The van der Waals surface area contributed by atoms with Crippen LogP contribution < -0.4 is 10.1 Å². The third kappa shape index (κ3) is 3.99. The van der Waals surface area contributed by atoms with E-state index in [2.05, 4.69) is 20.4 Å². The van der Waals surface area contributed by atoms with Gasteiger partial charge in [-0.25, -0.2) is 4.39 Å². The van der Waals surface area contributed by atoms with Crippen molar-refractivity contribution in [3.8, 4) is 17.2 Å². The Hall–Kier alpha value is -2.77. The molecule has 2 aromatic carbocycles. The first kappa shape index (κ1) is 17.6. The summed E-state index contributed by atoms with van der Waals surface area (Å²) >= 11 is 0. The molecule has 0 aliphatic carbocycles. The van der Waals surface area contributed by atoms with Gasteiger partial charge in [0.15, 0.2) is 5.82 Å². The van der Waals surface area contributed by atoms with Crippen LogP contribution in [0.4, 0.5) is 4.39 Å². The normalized spacial score (nSPS) is 17.8. The van der Waals surface area contributed by atoms with Crippen LogP contribution in [0.3, 0.4) is 0 Å². The molecule has 1 fully saturated rings. The molecule has 1 aliphatic heterocycles. The number of piperazine rings is 1. The summed E-state index contributed by atoms with van der Waals surface area (Å²) in [4.78, 5) is 6.76. The van der Waals surface area contributed by atoms with Crippen LogP contribution in [0.2, 0.25) is 0 Å². The van der Waals surface area contributed by atoms with Crippen molar-refractivity contribution in [1.82, 2.24) is 20.4 Å². The standard InChI is InChI=1S/C20H21FN4O2/c1-26-17-7-5-14(6-8-17)20-23-19(24-27-20)13-25-10-9-22-12-18(25)15-3-2-4-16(21)11-15/h2-8,11,18,22H,9-10,12-13H2,1H3. The molecule has 3 aromatic rings. The SMILES string of the molecule is COc1ccc(-c2nc(CN3CCNCC3c3cccc(F)c3)no2)cc1. The molecular formula is C20H21FN4O2. The first-order chi connectivity index (χ1) is 13.2. The van der Waals surface area contributed by atoms with Crippen LogP contribution in [0.5, 0.6) is 5.75 Å². The van der Waals surface area contributed by atoms with E-state index in [1.807, 2.05) is 30.3 Å². The van der Waals surface area contributed by atoms with Crippen molar-refractivity contribution in [3.05, 3.63) is 65.7 Å². The fourth-order valence-electron chi connectivity index (χ4n) is 3.33. The lowest BCUT2D eigenvalue weighted by Crippen LogP contribution is -2.45. The Morgan fingerprint density at radius 2 is 2.11 bits per heavy atom. The van der Waals surface area contributed by atoms with E-state index in [9.17, 15) is 4.39 Å². The summed E-state index contributed by atoms with van der Waals surface area (Å²) in [7, 11) is 1.63. The van der Waals surface area contributed by atoms with Crippen molar-refractivity contribution in [2.24, 2.45) is 0 Å². The van der Waals surface area contributed by atoms with Gasteiger partial charge < -0.3 is 14.6 Å². The highest BCUT2D eigenvalue weighted by atomic mass is 19.1. The molecule has 6 nitrogen and oxygen atoms in total. The molecular weight excluding hydrogens is 347 g/mol. The summed E-state index contributed by atoms with van der Waals surface area (Å²) in [5, 5.41) is 7.49. The Labute approximate surface area is 157 Å². The molecule has 1 unspecified atom stereocenters. The minimum atomic E-state index is -0.223. The van der Waals surface area contributed by atoms with Gasteiger partial charge in [0.1, 0.15) is 11.6 Å². The van der Waals surface area contributed by atoms with Crippen molar-refractivity contribution in [2.75, 3.05) is 26.7 Å². The van der Waals surface area contributed by atoms with Crippen LogP contribution in [-0.2, 0) is 6.54 Å². The topological polar surface area (TPSA) is 63.4 Å². The molecule has 1 atom stereocenters. The number of halogens is 1. The molecule has 1 aliphatic rings. The van der Waals surface area contributed by atoms with E-state index in [1.165, 1.54) is 6.07 Å². The third-order valence-electron chi connectivity index (χ3n) is 4.74. The molecule has 0 amide bonds. The third-order valence-corrected chi connectivity index (χ3v) is 4.74. The Bertz CT molecular complexity index is 897. The quantitative estimate of drug-likeness (QED) is 0.747. The Morgan fingerprint density at radius 3 is 2.89 bits per heavy atom. The first-order valence-electron chi connectivity index (χ1n) is 8.90. The highest BCUT2D eigenvalue weighted by Gasteiger charge is 2.25. The maximum atomic E-state index is 13.6. The summed E-state index contributed by atoms with van der Waals surface area (Å²) in [5.74, 6) is 1.64. The molecule has 0 bridgehead atoms. The predicted molar refractivity (Wildman–Crippen MR) is 98.7 cm³/mol. The number of hydrogen-bond acceptors (Lipinski definition) is 6. The van der Waals surface area contributed by atoms with Crippen LogP contribution in [0.25, 0.3) is 11.5 Å². The molecule has 0 spiro atoms. The number of hydrogen-bond donors (Lipinski definition) is 1. The van der Waals surface area contributed by atoms with Crippen LogP contribution in [0, 0.1) is 5.82 Å². The molecule has 1 aromatic heterocycles. The van der Waals surface area contributed by atoms with Gasteiger partial charge in [0.05, 0.1) is 13.7 Å². The van der Waals surface area contributed by atoms with Crippen LogP contribution in [0.1, 0.15) is 17.4 Å². The summed E-state index contributed by atoms with van der Waals surface area (Å²) in [6.07, 6.45) is 0. The predicted octanol–water partition coefficient (Wildman–Crippen LogP) is 3.03. The first-order valence-corrected chi connectivity index (χ1v) is 8.90. The van der Waals surface area contributed by atoms with E-state index in [-0.39, 0.29) is 11.9 Å². The minimum Gasteiger partial charge on any atom is -0.497 e. The monoisotopic (exact) mass is 368 g/mol. The minimum absolute atomic E-state index is 0.0670. The Kier molecular flexibility index (Phi) is 5.13. The fraction of sp³-hybridized carbons (Fsp3) is 0.300. The van der Waals surface area contributed by atoms with Crippen molar-refractivity contribution in [1.29, 1.82) is 0 Å². The second-order valence-corrected chi connectivity index (χ2v) is 6.49. The van der Waals surface area contributed by atoms with Gasteiger partial charge in [-0.3, -0.25) is 4.90 Å². The van der Waals surface area contributed by atoms with E-state index >= 15 is 0 Å². The van der Waals surface area contributed by atoms with Crippen molar-refractivity contribution in [3.63, 3.8) is 0 Å². The maximum absolute atomic E-state index is 13.6. The average Bonchev–Trinajstić information content (AvgIpc) is 3.17. The number of nitrogens with zero attached hydrogens (tertiary/aromatic N) is 3. The zero-order valence-electron chi connectivity index (χ0n) is 15.1.